The Labute approximate surface area is 202 Å². The van der Waals surface area contributed by atoms with Crippen LogP contribution in [-0.4, -0.2) is 87.7 Å². The number of aliphatic carboxylic acids is 2. The van der Waals surface area contributed by atoms with Gasteiger partial charge in [-0.1, -0.05) is 6.42 Å². The van der Waals surface area contributed by atoms with E-state index >= 15 is 0 Å². The summed E-state index contributed by atoms with van der Waals surface area (Å²) >= 11 is 0. The quantitative estimate of drug-likeness (QED) is 0.0825. The molecule has 0 aliphatic carbocycles. The minimum absolute atomic E-state index is 0.280. The van der Waals surface area contributed by atoms with Crippen molar-refractivity contribution in [1.29, 1.82) is 0 Å². The molecule has 0 fully saturated rings. The molecule has 15 heteroatoms. The molecule has 35 heavy (non-hydrogen) atoms. The first-order valence-electron chi connectivity index (χ1n) is 11.1. The van der Waals surface area contributed by atoms with E-state index in [2.05, 4.69) is 16.0 Å². The lowest BCUT2D eigenvalue weighted by Crippen LogP contribution is -2.59. The van der Waals surface area contributed by atoms with E-state index in [0.717, 1.165) is 0 Å². The molecule has 4 amide bonds. The van der Waals surface area contributed by atoms with Gasteiger partial charge in [-0.15, -0.1) is 0 Å². The Bertz CT molecular complexity index is 761. The van der Waals surface area contributed by atoms with Crippen molar-refractivity contribution in [3.8, 4) is 0 Å². The van der Waals surface area contributed by atoms with Gasteiger partial charge in [0.25, 0.3) is 0 Å². The third kappa shape index (κ3) is 13.2. The topological polar surface area (TPSA) is 277 Å². The number of carboxylic acids is 2. The lowest BCUT2D eigenvalue weighted by atomic mass is 10.1. The van der Waals surface area contributed by atoms with Crippen molar-refractivity contribution in [2.75, 3.05) is 6.54 Å². The highest BCUT2D eigenvalue weighted by Crippen LogP contribution is 2.05. The Hall–Kier alpha value is -3.30. The second-order valence-corrected chi connectivity index (χ2v) is 8.02. The SMILES string of the molecule is CC(O)C(NC(=O)C(N)CCCCN)C(=O)NC(CCC(=O)O)C(=O)NC(CCC(N)=O)C(=O)O. The Balaban J connectivity index is 5.43. The summed E-state index contributed by atoms with van der Waals surface area (Å²) in [6, 6.07) is -5.57. The van der Waals surface area contributed by atoms with Gasteiger partial charge in [0.2, 0.25) is 23.6 Å². The van der Waals surface area contributed by atoms with Crippen LogP contribution >= 0.6 is 0 Å². The largest absolute Gasteiger partial charge is 0.481 e. The molecular weight excluding hydrogens is 468 g/mol. The maximum Gasteiger partial charge on any atom is 0.326 e. The molecule has 0 bridgehead atoms. The van der Waals surface area contributed by atoms with Crippen molar-refractivity contribution in [3.63, 3.8) is 0 Å². The van der Waals surface area contributed by atoms with Gasteiger partial charge in [-0.2, -0.15) is 0 Å². The molecule has 0 rings (SSSR count). The van der Waals surface area contributed by atoms with Crippen molar-refractivity contribution < 1.29 is 44.1 Å². The summed E-state index contributed by atoms with van der Waals surface area (Å²) in [6.45, 7) is 1.62. The Kier molecular flexibility index (Phi) is 14.8. The van der Waals surface area contributed by atoms with Crippen LogP contribution in [0.1, 0.15) is 51.9 Å². The summed E-state index contributed by atoms with van der Waals surface area (Å²) in [4.78, 5) is 71.0. The monoisotopic (exact) mass is 504 g/mol. The molecule has 0 aromatic heterocycles. The molecule has 15 nitrogen and oxygen atoms in total. The number of amides is 4. The lowest BCUT2D eigenvalue weighted by Gasteiger charge is -2.26. The maximum absolute atomic E-state index is 12.7. The van der Waals surface area contributed by atoms with Gasteiger partial charge in [0, 0.05) is 12.8 Å². The minimum atomic E-state index is -1.53. The van der Waals surface area contributed by atoms with Crippen molar-refractivity contribution in [2.24, 2.45) is 17.2 Å². The number of aliphatic hydroxyl groups excluding tert-OH is 1. The average molecular weight is 505 g/mol. The molecule has 0 saturated heterocycles. The molecule has 0 aliphatic rings. The molecule has 12 N–H and O–H groups in total. The van der Waals surface area contributed by atoms with E-state index in [1.165, 1.54) is 6.92 Å². The van der Waals surface area contributed by atoms with Gasteiger partial charge < -0.3 is 48.5 Å². The van der Waals surface area contributed by atoms with Crippen LogP contribution < -0.4 is 33.2 Å². The third-order valence-electron chi connectivity index (χ3n) is 4.94. The molecule has 200 valence electrons. The standard InChI is InChI=1S/C20H36N6O9/c1-10(27)16(26-17(31)11(22)4-2-3-9-21)19(33)24-12(6-8-15(29)30)18(32)25-13(20(34)35)5-7-14(23)28/h10-13,16,27H,2-9,21-22H2,1H3,(H2,23,28)(H,24,33)(H,25,32)(H,26,31)(H,29,30)(H,34,35). The van der Waals surface area contributed by atoms with Gasteiger partial charge in [0.1, 0.15) is 18.1 Å². The van der Waals surface area contributed by atoms with Crippen LogP contribution in [0.25, 0.3) is 0 Å². The van der Waals surface area contributed by atoms with Crippen LogP contribution in [0.5, 0.6) is 0 Å². The molecule has 0 radical (unpaired) electrons. The molecular formula is C20H36N6O9. The highest BCUT2D eigenvalue weighted by atomic mass is 16.4. The fourth-order valence-electron chi connectivity index (χ4n) is 2.92. The van der Waals surface area contributed by atoms with E-state index < -0.39 is 78.7 Å². The van der Waals surface area contributed by atoms with E-state index in [1.54, 1.807) is 0 Å². The molecule has 0 aromatic rings. The zero-order chi connectivity index (χ0) is 27.1. The Morgan fingerprint density at radius 2 is 1.37 bits per heavy atom. The normalized spacial score (nSPS) is 15.1. The highest BCUT2D eigenvalue weighted by molar-refractivity contribution is 5.94. The number of carboxylic acid groups (broad SMARTS) is 2. The zero-order valence-corrected chi connectivity index (χ0v) is 19.6. The average Bonchev–Trinajstić information content (AvgIpc) is 2.76. The van der Waals surface area contributed by atoms with Gasteiger partial charge in [0.05, 0.1) is 12.1 Å². The van der Waals surface area contributed by atoms with Crippen LogP contribution in [0, 0.1) is 0 Å². The predicted octanol–water partition coefficient (Wildman–Crippen LogP) is -3.51. The molecule has 5 unspecified atom stereocenters. The lowest BCUT2D eigenvalue weighted by molar-refractivity contribution is -0.143. The number of carbonyl (C=O) groups is 6. The summed E-state index contributed by atoms with van der Waals surface area (Å²) in [5, 5.41) is 34.8. The number of rotatable bonds is 18. The highest BCUT2D eigenvalue weighted by Gasteiger charge is 2.32. The first-order chi connectivity index (χ1) is 16.3. The predicted molar refractivity (Wildman–Crippen MR) is 121 cm³/mol. The Morgan fingerprint density at radius 1 is 0.800 bits per heavy atom. The summed E-state index contributed by atoms with van der Waals surface area (Å²) in [5.41, 5.74) is 16.2. The Morgan fingerprint density at radius 3 is 1.86 bits per heavy atom. The van der Waals surface area contributed by atoms with E-state index in [1.807, 2.05) is 0 Å². The van der Waals surface area contributed by atoms with Crippen molar-refractivity contribution in [3.05, 3.63) is 0 Å². The van der Waals surface area contributed by atoms with Crippen LogP contribution in [0.4, 0.5) is 0 Å². The maximum atomic E-state index is 12.7. The van der Waals surface area contributed by atoms with Gasteiger partial charge in [-0.05, 0) is 39.2 Å². The summed E-state index contributed by atoms with van der Waals surface area (Å²) in [7, 11) is 0. The fourth-order valence-corrected chi connectivity index (χ4v) is 2.92. The van der Waals surface area contributed by atoms with Gasteiger partial charge in [0.15, 0.2) is 0 Å². The smallest absolute Gasteiger partial charge is 0.326 e. The number of carbonyl (C=O) groups excluding carboxylic acids is 4. The summed E-state index contributed by atoms with van der Waals surface area (Å²) in [5.74, 6) is -6.34. The second-order valence-electron chi connectivity index (χ2n) is 8.02. The van der Waals surface area contributed by atoms with Crippen LogP contribution in [0.3, 0.4) is 0 Å². The summed E-state index contributed by atoms with van der Waals surface area (Å²) < 4.78 is 0. The van der Waals surface area contributed by atoms with Crippen molar-refractivity contribution in [2.45, 2.75) is 82.1 Å². The molecule has 0 saturated carbocycles. The number of hydrogen-bond donors (Lipinski definition) is 9. The number of hydrogen-bond acceptors (Lipinski definition) is 9. The van der Waals surface area contributed by atoms with Crippen LogP contribution in [-0.2, 0) is 28.8 Å². The first-order valence-corrected chi connectivity index (χ1v) is 11.1. The first kappa shape index (κ1) is 31.7. The van der Waals surface area contributed by atoms with Gasteiger partial charge in [-0.3, -0.25) is 24.0 Å². The molecule has 0 aliphatic heterocycles. The van der Waals surface area contributed by atoms with Crippen LogP contribution in [0.15, 0.2) is 0 Å². The third-order valence-corrected chi connectivity index (χ3v) is 4.94. The van der Waals surface area contributed by atoms with Gasteiger partial charge in [-0.25, -0.2) is 4.79 Å². The number of unbranched alkanes of at least 4 members (excludes halogenated alkanes) is 1. The fraction of sp³-hybridized carbons (Fsp3) is 0.700. The number of primary amides is 1. The number of nitrogens with one attached hydrogen (secondary N) is 3. The second kappa shape index (κ2) is 16.3. The van der Waals surface area contributed by atoms with Gasteiger partial charge >= 0.3 is 11.9 Å². The summed E-state index contributed by atoms with van der Waals surface area (Å²) in [6.07, 6.45) is -1.59. The van der Waals surface area contributed by atoms with E-state index in [9.17, 15) is 39.0 Å². The van der Waals surface area contributed by atoms with E-state index in [0.29, 0.717) is 19.4 Å². The van der Waals surface area contributed by atoms with Crippen molar-refractivity contribution in [1.82, 2.24) is 16.0 Å². The minimum Gasteiger partial charge on any atom is -0.481 e. The zero-order valence-electron chi connectivity index (χ0n) is 19.6. The molecule has 0 aromatic carbocycles. The number of nitrogens with two attached hydrogens (primary N) is 3. The van der Waals surface area contributed by atoms with E-state index in [4.69, 9.17) is 22.3 Å². The molecule has 0 spiro atoms. The number of aliphatic hydroxyl groups is 1. The van der Waals surface area contributed by atoms with Crippen LogP contribution in [0.2, 0.25) is 0 Å². The molecule has 0 heterocycles. The van der Waals surface area contributed by atoms with E-state index in [-0.39, 0.29) is 19.3 Å². The molecule has 5 atom stereocenters. The van der Waals surface area contributed by atoms with Crippen molar-refractivity contribution >= 4 is 35.6 Å².